The predicted molar refractivity (Wildman–Crippen MR) is 169 cm³/mol. The molecule has 0 aliphatic carbocycles. The van der Waals surface area contributed by atoms with Crippen molar-refractivity contribution in [1.82, 2.24) is 34.1 Å². The van der Waals surface area contributed by atoms with Crippen molar-refractivity contribution in [1.29, 1.82) is 0 Å². The number of fused-ring (bicyclic) bond motifs is 10. The minimum atomic E-state index is 0.399. The zero-order chi connectivity index (χ0) is 28.8. The molecule has 7 heterocycles. The molecule has 0 unspecified atom stereocenters. The molecule has 0 aliphatic heterocycles. The molecule has 0 amide bonds. The molecule has 0 saturated heterocycles. The first-order valence-electron chi connectivity index (χ1n) is 14.2. The zero-order valence-corrected chi connectivity index (χ0v) is 22.9. The lowest BCUT2D eigenvalue weighted by Gasteiger charge is -2.11. The minimum absolute atomic E-state index is 0.399. The van der Waals surface area contributed by atoms with E-state index in [2.05, 4.69) is 22.1 Å². The monoisotopic (exact) mass is 569 g/mol. The Morgan fingerprint density at radius 1 is 0.477 bits per heavy atom. The minimum Gasteiger partial charge on any atom is -0.439 e. The van der Waals surface area contributed by atoms with E-state index >= 15 is 0 Å². The predicted octanol–water partition coefficient (Wildman–Crippen LogP) is 8.02. The average molecular weight is 570 g/mol. The van der Waals surface area contributed by atoms with Gasteiger partial charge in [0.05, 0.1) is 34.2 Å². The van der Waals surface area contributed by atoms with Gasteiger partial charge in [0.15, 0.2) is 5.82 Å². The van der Waals surface area contributed by atoms with Gasteiger partial charge in [0.1, 0.15) is 11.2 Å². The summed E-state index contributed by atoms with van der Waals surface area (Å²) < 4.78 is 16.8. The first-order chi connectivity index (χ1) is 21.8. The van der Waals surface area contributed by atoms with Crippen molar-refractivity contribution in [3.8, 4) is 23.3 Å². The molecule has 10 aromatic rings. The molecule has 0 atom stereocenters. The summed E-state index contributed by atoms with van der Waals surface area (Å²) in [4.78, 5) is 24.1. The summed E-state index contributed by atoms with van der Waals surface area (Å²) in [7, 11) is 0. The Bertz CT molecular complexity index is 2570. The Balaban J connectivity index is 1.35. The van der Waals surface area contributed by atoms with Crippen LogP contribution in [-0.4, -0.2) is 34.1 Å². The van der Waals surface area contributed by atoms with Gasteiger partial charge >= 0.3 is 0 Å². The Morgan fingerprint density at radius 3 is 1.52 bits per heavy atom. The van der Waals surface area contributed by atoms with E-state index in [4.69, 9.17) is 23.8 Å². The second-order valence-corrected chi connectivity index (χ2v) is 10.6. The summed E-state index contributed by atoms with van der Waals surface area (Å²) in [6.45, 7) is 0. The van der Waals surface area contributed by atoms with Crippen LogP contribution in [0.15, 0.2) is 125 Å². The number of aromatic nitrogens is 7. The molecule has 206 valence electrons. The van der Waals surface area contributed by atoms with Crippen LogP contribution in [-0.2, 0) is 0 Å². The maximum Gasteiger partial charge on any atom is 0.242 e. The summed E-state index contributed by atoms with van der Waals surface area (Å²) in [6, 6.07) is 29.9. The number of furan rings is 2. The lowest BCUT2D eigenvalue weighted by molar-refractivity contribution is 0.636. The van der Waals surface area contributed by atoms with E-state index in [1.165, 1.54) is 0 Å². The molecule has 0 fully saturated rings. The van der Waals surface area contributed by atoms with Crippen molar-refractivity contribution >= 4 is 65.9 Å². The van der Waals surface area contributed by atoms with Crippen LogP contribution < -0.4 is 0 Å². The summed E-state index contributed by atoms with van der Waals surface area (Å²) in [5.41, 5.74) is 5.36. The zero-order valence-electron chi connectivity index (χ0n) is 22.9. The molecular weight excluding hydrogens is 550 g/mol. The summed E-state index contributed by atoms with van der Waals surface area (Å²) in [6.07, 6.45) is 7.22. The lowest BCUT2D eigenvalue weighted by atomic mass is 10.1. The van der Waals surface area contributed by atoms with E-state index in [9.17, 15) is 0 Å². The molecule has 0 N–H and O–H groups in total. The topological polar surface area (TPSA) is 101 Å². The molecule has 44 heavy (non-hydrogen) atoms. The number of nitrogens with zero attached hydrogens (tertiary/aromatic N) is 7. The smallest absolute Gasteiger partial charge is 0.242 e. The first-order valence-corrected chi connectivity index (χ1v) is 14.2. The van der Waals surface area contributed by atoms with Gasteiger partial charge in [-0.1, -0.05) is 66.7 Å². The fraction of sp³-hybridized carbons (Fsp3) is 0. The van der Waals surface area contributed by atoms with Crippen LogP contribution in [0, 0.1) is 0 Å². The third-order valence-corrected chi connectivity index (χ3v) is 8.22. The van der Waals surface area contributed by atoms with Gasteiger partial charge < -0.3 is 8.83 Å². The van der Waals surface area contributed by atoms with Crippen molar-refractivity contribution in [2.45, 2.75) is 0 Å². The molecule has 9 heteroatoms. The van der Waals surface area contributed by atoms with Crippen molar-refractivity contribution < 1.29 is 8.83 Å². The summed E-state index contributed by atoms with van der Waals surface area (Å²) >= 11 is 0. The third-order valence-electron chi connectivity index (χ3n) is 8.22. The normalized spacial score (nSPS) is 12.1. The largest absolute Gasteiger partial charge is 0.439 e. The second kappa shape index (κ2) is 8.59. The SMILES string of the molecule is c1ccc(-c2nc(-n3c4cnccc4c4c5ccccc5oc43)nc(-n3c4cnccc4c4c5ccccc5oc43)n2)cc1. The first kappa shape index (κ1) is 23.2. The standard InChI is InChI=1S/C35H19N7O2/c1-2-8-20(9-3-1)31-38-34(41-25-18-36-16-14-21(25)29-23-10-4-6-12-27(23)43-32(29)41)40-35(39-31)42-26-19-37-17-15-22(26)30-24-11-5-7-13-28(24)44-33(30)42/h1-19H. The molecule has 9 nitrogen and oxygen atoms in total. The van der Waals surface area contributed by atoms with Crippen molar-refractivity contribution in [3.05, 3.63) is 116 Å². The average Bonchev–Trinajstić information content (AvgIpc) is 3.81. The fourth-order valence-electron chi connectivity index (χ4n) is 6.34. The lowest BCUT2D eigenvalue weighted by Crippen LogP contribution is -2.10. The molecule has 0 bridgehead atoms. The van der Waals surface area contributed by atoms with Gasteiger partial charge in [-0.05, 0) is 24.3 Å². The molecule has 0 radical (unpaired) electrons. The number of hydrogen-bond donors (Lipinski definition) is 0. The van der Waals surface area contributed by atoms with Gasteiger partial charge in [-0.3, -0.25) is 9.97 Å². The van der Waals surface area contributed by atoms with E-state index < -0.39 is 0 Å². The van der Waals surface area contributed by atoms with Crippen LogP contribution in [0.4, 0.5) is 0 Å². The van der Waals surface area contributed by atoms with Crippen LogP contribution in [0.5, 0.6) is 0 Å². The molecule has 0 aliphatic rings. The molecule has 7 aromatic heterocycles. The summed E-state index contributed by atoms with van der Waals surface area (Å²) in [5, 5.41) is 5.99. The van der Waals surface area contributed by atoms with E-state index in [-0.39, 0.29) is 0 Å². The second-order valence-electron chi connectivity index (χ2n) is 10.6. The number of rotatable bonds is 3. The van der Waals surface area contributed by atoms with Gasteiger partial charge in [-0.2, -0.15) is 15.0 Å². The van der Waals surface area contributed by atoms with Crippen molar-refractivity contribution in [2.75, 3.05) is 0 Å². The van der Waals surface area contributed by atoms with Crippen molar-refractivity contribution in [2.24, 2.45) is 0 Å². The highest BCUT2D eigenvalue weighted by Gasteiger charge is 2.25. The van der Waals surface area contributed by atoms with Crippen molar-refractivity contribution in [3.63, 3.8) is 0 Å². The van der Waals surface area contributed by atoms with E-state index in [0.29, 0.717) is 29.1 Å². The van der Waals surface area contributed by atoms with Gasteiger partial charge in [0.2, 0.25) is 23.3 Å². The molecule has 3 aromatic carbocycles. The van der Waals surface area contributed by atoms with Gasteiger partial charge in [-0.15, -0.1) is 0 Å². The summed E-state index contributed by atoms with van der Waals surface area (Å²) in [5.74, 6) is 1.31. The Kier molecular flexibility index (Phi) is 4.54. The van der Waals surface area contributed by atoms with Crippen LogP contribution in [0.3, 0.4) is 0 Å². The molecule has 0 spiro atoms. The Hall–Kier alpha value is -6.35. The number of para-hydroxylation sites is 2. The quantitative estimate of drug-likeness (QED) is 0.212. The van der Waals surface area contributed by atoms with Gasteiger partial charge in [0.25, 0.3) is 0 Å². The molecular formula is C35H19N7O2. The maximum atomic E-state index is 6.48. The Morgan fingerprint density at radius 2 is 0.977 bits per heavy atom. The number of hydrogen-bond acceptors (Lipinski definition) is 7. The molecule has 0 saturated carbocycles. The third kappa shape index (κ3) is 3.09. The van der Waals surface area contributed by atoms with Gasteiger partial charge in [-0.25, -0.2) is 9.13 Å². The molecule has 10 rings (SSSR count). The van der Waals surface area contributed by atoms with Gasteiger partial charge in [0, 0.05) is 39.5 Å². The number of pyridine rings is 2. The highest BCUT2D eigenvalue weighted by molar-refractivity contribution is 6.20. The fourth-order valence-corrected chi connectivity index (χ4v) is 6.34. The number of benzene rings is 3. The van der Waals surface area contributed by atoms with Crippen LogP contribution in [0.2, 0.25) is 0 Å². The van der Waals surface area contributed by atoms with Crippen LogP contribution in [0.25, 0.3) is 89.2 Å². The highest BCUT2D eigenvalue weighted by Crippen LogP contribution is 2.40. The highest BCUT2D eigenvalue weighted by atomic mass is 16.3. The Labute approximate surface area is 247 Å². The van der Waals surface area contributed by atoms with E-state index in [1.807, 2.05) is 100 Å². The van der Waals surface area contributed by atoms with E-state index in [1.54, 1.807) is 12.4 Å². The maximum absolute atomic E-state index is 6.48. The van der Waals surface area contributed by atoms with E-state index in [0.717, 1.165) is 60.1 Å². The van der Waals surface area contributed by atoms with Crippen LogP contribution >= 0.6 is 0 Å². The van der Waals surface area contributed by atoms with Crippen LogP contribution in [0.1, 0.15) is 0 Å².